The third-order valence-electron chi connectivity index (χ3n) is 1.76. The molecule has 9 heavy (non-hydrogen) atoms. The monoisotopic (exact) mass is 145 g/mol. The number of hydrogen-bond acceptors (Lipinski definition) is 1. The van der Waals surface area contributed by atoms with Crippen LogP contribution in [-0.4, -0.2) is 16.6 Å². The first-order chi connectivity index (χ1) is 4.26. The third kappa shape index (κ3) is 3.01. The van der Waals surface area contributed by atoms with Gasteiger partial charge in [-0.1, -0.05) is 20.8 Å². The van der Waals surface area contributed by atoms with E-state index in [1.807, 2.05) is 0 Å². The molecule has 0 aromatic heterocycles. The molecular formula is C7H17OSi. The average molecular weight is 145 g/mol. The highest BCUT2D eigenvalue weighted by Crippen LogP contribution is 2.14. The van der Waals surface area contributed by atoms with E-state index in [-0.39, 0.29) is 0 Å². The molecule has 0 aliphatic heterocycles. The second-order valence-corrected chi connectivity index (χ2v) is 2.80. The summed E-state index contributed by atoms with van der Waals surface area (Å²) in [6, 6.07) is 0. The van der Waals surface area contributed by atoms with Crippen LogP contribution >= 0.6 is 0 Å². The molecule has 0 spiro atoms. The maximum atomic E-state index is 5.35. The molecule has 1 nitrogen and oxygen atoms in total. The maximum Gasteiger partial charge on any atom is 0.146 e. The van der Waals surface area contributed by atoms with E-state index < -0.39 is 0 Å². The summed E-state index contributed by atoms with van der Waals surface area (Å²) in [5, 5.41) is 0. The zero-order valence-corrected chi connectivity index (χ0v) is 8.90. The molecule has 1 radical (unpaired) electrons. The van der Waals surface area contributed by atoms with Crippen molar-refractivity contribution in [2.75, 3.05) is 0 Å². The first kappa shape index (κ1) is 9.18. The minimum atomic E-state index is 0.446. The van der Waals surface area contributed by atoms with Gasteiger partial charge >= 0.3 is 0 Å². The van der Waals surface area contributed by atoms with Gasteiger partial charge in [-0.2, -0.15) is 0 Å². The van der Waals surface area contributed by atoms with Gasteiger partial charge < -0.3 is 4.43 Å². The lowest BCUT2D eigenvalue weighted by atomic mass is 10.0. The molecule has 0 aliphatic carbocycles. The normalized spacial score (nSPS) is 14.7. The SMILES string of the molecule is CC[C](C)C(CC)O[SiH3]. The molecule has 0 fully saturated rings. The molecule has 0 aliphatic rings. The maximum absolute atomic E-state index is 5.35. The Labute approximate surface area is 61.3 Å². The fourth-order valence-corrected chi connectivity index (χ4v) is 1.68. The van der Waals surface area contributed by atoms with Crippen LogP contribution in [-0.2, 0) is 4.43 Å². The van der Waals surface area contributed by atoms with E-state index in [4.69, 9.17) is 4.43 Å². The molecule has 2 heteroatoms. The molecule has 0 rings (SSSR count). The lowest BCUT2D eigenvalue weighted by Crippen LogP contribution is -2.17. The Kier molecular flexibility index (Phi) is 5.10. The Hall–Kier alpha value is 0.177. The van der Waals surface area contributed by atoms with E-state index in [0.29, 0.717) is 6.10 Å². The first-order valence-electron chi connectivity index (χ1n) is 3.61. The molecule has 0 bridgehead atoms. The van der Waals surface area contributed by atoms with Crippen molar-refractivity contribution >= 4 is 10.5 Å². The fraction of sp³-hybridized carbons (Fsp3) is 0.857. The Morgan fingerprint density at radius 2 is 2.11 bits per heavy atom. The molecule has 0 amide bonds. The van der Waals surface area contributed by atoms with Crippen molar-refractivity contribution in [2.45, 2.75) is 39.7 Å². The summed E-state index contributed by atoms with van der Waals surface area (Å²) < 4.78 is 5.35. The molecule has 0 aromatic carbocycles. The van der Waals surface area contributed by atoms with Crippen LogP contribution in [0.1, 0.15) is 33.6 Å². The van der Waals surface area contributed by atoms with Crippen molar-refractivity contribution in [3.8, 4) is 0 Å². The second kappa shape index (κ2) is 5.00. The first-order valence-corrected chi connectivity index (χ1v) is 4.43. The van der Waals surface area contributed by atoms with Crippen LogP contribution in [0.15, 0.2) is 0 Å². The van der Waals surface area contributed by atoms with Gasteiger partial charge in [-0.25, -0.2) is 0 Å². The summed E-state index contributed by atoms with van der Waals surface area (Å²) in [6.07, 6.45) is 2.73. The summed E-state index contributed by atoms with van der Waals surface area (Å²) in [5.74, 6) is 1.48. The van der Waals surface area contributed by atoms with Gasteiger partial charge in [-0.15, -0.1) is 0 Å². The molecule has 0 aromatic rings. The van der Waals surface area contributed by atoms with Crippen LogP contribution in [0.25, 0.3) is 0 Å². The van der Waals surface area contributed by atoms with Gasteiger partial charge in [-0.3, -0.25) is 0 Å². The molecule has 0 N–H and O–H groups in total. The van der Waals surface area contributed by atoms with E-state index in [2.05, 4.69) is 20.8 Å². The Balaban J connectivity index is 3.50. The fourth-order valence-electron chi connectivity index (χ4n) is 0.944. The molecule has 55 valence electrons. The van der Waals surface area contributed by atoms with Gasteiger partial charge in [0.25, 0.3) is 0 Å². The van der Waals surface area contributed by atoms with Gasteiger partial charge in [0.15, 0.2) is 0 Å². The van der Waals surface area contributed by atoms with E-state index in [1.54, 1.807) is 0 Å². The summed E-state index contributed by atoms with van der Waals surface area (Å²) >= 11 is 0. The summed E-state index contributed by atoms with van der Waals surface area (Å²) in [4.78, 5) is 0. The van der Waals surface area contributed by atoms with Crippen LogP contribution in [0.2, 0.25) is 0 Å². The Bertz CT molecular complexity index is 61.9. The predicted molar refractivity (Wildman–Crippen MR) is 44.3 cm³/mol. The van der Waals surface area contributed by atoms with Crippen LogP contribution in [0.4, 0.5) is 0 Å². The van der Waals surface area contributed by atoms with Crippen LogP contribution < -0.4 is 0 Å². The van der Waals surface area contributed by atoms with Crippen LogP contribution in [0.3, 0.4) is 0 Å². The largest absolute Gasteiger partial charge is 0.424 e. The smallest absolute Gasteiger partial charge is 0.146 e. The standard InChI is InChI=1S/C7H17OSi/c1-4-6(3)7(5-2)8-9/h7H,4-5H2,1-3,9H3. The van der Waals surface area contributed by atoms with E-state index >= 15 is 0 Å². The lowest BCUT2D eigenvalue weighted by Gasteiger charge is -2.19. The summed E-state index contributed by atoms with van der Waals surface area (Å²) in [5.41, 5.74) is 0. The van der Waals surface area contributed by atoms with Crippen molar-refractivity contribution < 1.29 is 4.43 Å². The summed E-state index contributed by atoms with van der Waals surface area (Å²) in [7, 11) is 0.863. The minimum absolute atomic E-state index is 0.446. The zero-order valence-electron chi connectivity index (χ0n) is 6.90. The van der Waals surface area contributed by atoms with Crippen molar-refractivity contribution in [3.05, 3.63) is 5.92 Å². The second-order valence-electron chi connectivity index (χ2n) is 2.33. The van der Waals surface area contributed by atoms with E-state index in [9.17, 15) is 0 Å². The zero-order chi connectivity index (χ0) is 7.28. The number of rotatable bonds is 4. The van der Waals surface area contributed by atoms with Crippen molar-refractivity contribution in [2.24, 2.45) is 0 Å². The molecule has 0 saturated heterocycles. The number of hydrogen-bond donors (Lipinski definition) is 0. The highest BCUT2D eigenvalue weighted by molar-refractivity contribution is 5.98. The van der Waals surface area contributed by atoms with Gasteiger partial charge in [0.2, 0.25) is 0 Å². The molecule has 1 unspecified atom stereocenters. The van der Waals surface area contributed by atoms with Gasteiger partial charge in [0.1, 0.15) is 10.5 Å². The Morgan fingerprint density at radius 3 is 2.22 bits per heavy atom. The molecule has 1 atom stereocenters. The highest BCUT2D eigenvalue weighted by Gasteiger charge is 2.11. The highest BCUT2D eigenvalue weighted by atomic mass is 28.2. The van der Waals surface area contributed by atoms with Crippen LogP contribution in [0, 0.1) is 5.92 Å². The van der Waals surface area contributed by atoms with Crippen molar-refractivity contribution in [1.82, 2.24) is 0 Å². The minimum Gasteiger partial charge on any atom is -0.424 e. The van der Waals surface area contributed by atoms with E-state index in [0.717, 1.165) is 23.3 Å². The molecular weight excluding hydrogens is 128 g/mol. The van der Waals surface area contributed by atoms with E-state index in [1.165, 1.54) is 5.92 Å². The van der Waals surface area contributed by atoms with Gasteiger partial charge in [0, 0.05) is 6.10 Å². The predicted octanol–water partition coefficient (Wildman–Crippen LogP) is 1.07. The quantitative estimate of drug-likeness (QED) is 0.538. The summed E-state index contributed by atoms with van der Waals surface area (Å²) in [6.45, 7) is 6.52. The molecule has 0 saturated carbocycles. The van der Waals surface area contributed by atoms with Crippen molar-refractivity contribution in [3.63, 3.8) is 0 Å². The average Bonchev–Trinajstić information content (AvgIpc) is 1.90. The lowest BCUT2D eigenvalue weighted by molar-refractivity contribution is 0.225. The molecule has 0 heterocycles. The third-order valence-corrected chi connectivity index (χ3v) is 2.33. The van der Waals surface area contributed by atoms with Gasteiger partial charge in [0.05, 0.1) is 0 Å². The Morgan fingerprint density at radius 1 is 1.56 bits per heavy atom. The van der Waals surface area contributed by atoms with Crippen LogP contribution in [0.5, 0.6) is 0 Å². The topological polar surface area (TPSA) is 9.23 Å². The van der Waals surface area contributed by atoms with Gasteiger partial charge in [-0.05, 0) is 18.8 Å². The van der Waals surface area contributed by atoms with Crippen molar-refractivity contribution in [1.29, 1.82) is 0 Å².